The summed E-state index contributed by atoms with van der Waals surface area (Å²) in [7, 11) is 0. The highest BCUT2D eigenvalue weighted by Gasteiger charge is 2.22. The van der Waals surface area contributed by atoms with Gasteiger partial charge >= 0.3 is 5.97 Å². The molecule has 3 rings (SSSR count). The molecule has 0 radical (unpaired) electrons. The Balaban J connectivity index is 1.80. The van der Waals surface area contributed by atoms with Gasteiger partial charge in [-0.05, 0) is 46.4 Å². The van der Waals surface area contributed by atoms with Crippen LogP contribution in [0.15, 0.2) is 60.7 Å². The fraction of sp³-hybridized carbons (Fsp3) is 0.105. The highest BCUT2D eigenvalue weighted by molar-refractivity contribution is 14.1. The molecule has 5 nitrogen and oxygen atoms in total. The summed E-state index contributed by atoms with van der Waals surface area (Å²) >= 11 is 2.15. The van der Waals surface area contributed by atoms with Gasteiger partial charge in [-0.1, -0.05) is 42.5 Å². The summed E-state index contributed by atoms with van der Waals surface area (Å²) in [6.07, 6.45) is 0.216. The fourth-order valence-electron chi connectivity index (χ4n) is 2.51. The summed E-state index contributed by atoms with van der Waals surface area (Å²) in [4.78, 5) is 28.3. The van der Waals surface area contributed by atoms with Crippen molar-refractivity contribution in [2.45, 2.75) is 12.5 Å². The van der Waals surface area contributed by atoms with Gasteiger partial charge in [0.1, 0.15) is 11.7 Å². The van der Waals surface area contributed by atoms with E-state index in [0.29, 0.717) is 5.52 Å². The first-order chi connectivity index (χ1) is 12.0. The van der Waals surface area contributed by atoms with Gasteiger partial charge in [-0.2, -0.15) is 0 Å². The molecule has 25 heavy (non-hydrogen) atoms. The smallest absolute Gasteiger partial charge is 0.326 e. The zero-order valence-corrected chi connectivity index (χ0v) is 15.3. The van der Waals surface area contributed by atoms with Crippen LogP contribution in [-0.4, -0.2) is 28.0 Å². The lowest BCUT2D eigenvalue weighted by atomic mass is 10.1. The Morgan fingerprint density at radius 3 is 2.52 bits per heavy atom. The molecule has 0 spiro atoms. The number of carbonyl (C=O) groups is 2. The first-order valence-corrected chi connectivity index (χ1v) is 8.75. The maximum atomic E-state index is 12.4. The van der Waals surface area contributed by atoms with E-state index in [2.05, 4.69) is 32.9 Å². The average Bonchev–Trinajstić information content (AvgIpc) is 2.62. The lowest BCUT2D eigenvalue weighted by Crippen LogP contribution is -2.42. The number of hydrogen-bond acceptors (Lipinski definition) is 3. The van der Waals surface area contributed by atoms with E-state index >= 15 is 0 Å². The van der Waals surface area contributed by atoms with Crippen molar-refractivity contribution in [1.82, 2.24) is 10.3 Å². The van der Waals surface area contributed by atoms with Crippen molar-refractivity contribution in [3.8, 4) is 0 Å². The number of para-hydroxylation sites is 1. The number of aromatic nitrogens is 1. The molecule has 0 fully saturated rings. The Morgan fingerprint density at radius 1 is 1.04 bits per heavy atom. The van der Waals surface area contributed by atoms with E-state index in [1.807, 2.05) is 48.5 Å². The minimum Gasteiger partial charge on any atom is -0.480 e. The van der Waals surface area contributed by atoms with E-state index in [4.69, 9.17) is 0 Å². The third-order valence-electron chi connectivity index (χ3n) is 3.82. The first-order valence-electron chi connectivity index (χ1n) is 7.67. The molecule has 0 unspecified atom stereocenters. The van der Waals surface area contributed by atoms with E-state index in [9.17, 15) is 14.7 Å². The van der Waals surface area contributed by atoms with Crippen LogP contribution in [0.5, 0.6) is 0 Å². The third-order valence-corrected chi connectivity index (χ3v) is 4.87. The van der Waals surface area contributed by atoms with Crippen LogP contribution >= 0.6 is 22.6 Å². The largest absolute Gasteiger partial charge is 0.480 e. The van der Waals surface area contributed by atoms with Crippen LogP contribution in [0.1, 0.15) is 16.1 Å². The second-order valence-corrected chi connectivity index (χ2v) is 6.71. The first kappa shape index (κ1) is 17.3. The SMILES string of the molecule is O=C(N[C@@H](Cc1ccccc1I)C(=O)O)c1ccc2ccccc2n1. The van der Waals surface area contributed by atoms with Crippen LogP contribution in [0.4, 0.5) is 0 Å². The molecule has 0 aliphatic heterocycles. The summed E-state index contributed by atoms with van der Waals surface area (Å²) in [6.45, 7) is 0. The molecule has 0 bridgehead atoms. The van der Waals surface area contributed by atoms with Crippen molar-refractivity contribution < 1.29 is 14.7 Å². The molecule has 0 aliphatic rings. The van der Waals surface area contributed by atoms with Crippen molar-refractivity contribution in [2.24, 2.45) is 0 Å². The highest BCUT2D eigenvalue weighted by atomic mass is 127. The number of nitrogens with zero attached hydrogens (tertiary/aromatic N) is 1. The van der Waals surface area contributed by atoms with Gasteiger partial charge in [0.15, 0.2) is 0 Å². The van der Waals surface area contributed by atoms with Crippen molar-refractivity contribution in [2.75, 3.05) is 0 Å². The molecule has 2 aromatic carbocycles. The average molecular weight is 446 g/mol. The van der Waals surface area contributed by atoms with Gasteiger partial charge in [0.2, 0.25) is 0 Å². The quantitative estimate of drug-likeness (QED) is 0.590. The van der Waals surface area contributed by atoms with E-state index < -0.39 is 17.9 Å². The minimum absolute atomic E-state index is 0.202. The van der Waals surface area contributed by atoms with Gasteiger partial charge in [-0.3, -0.25) is 4.79 Å². The van der Waals surface area contributed by atoms with Crippen LogP contribution in [-0.2, 0) is 11.2 Å². The second kappa shape index (κ2) is 7.60. The number of halogens is 1. The normalized spacial score (nSPS) is 11.9. The number of pyridine rings is 1. The summed E-state index contributed by atoms with van der Waals surface area (Å²) in [6, 6.07) is 17.3. The second-order valence-electron chi connectivity index (χ2n) is 5.55. The number of carboxylic acid groups (broad SMARTS) is 1. The summed E-state index contributed by atoms with van der Waals surface area (Å²) < 4.78 is 0.962. The maximum Gasteiger partial charge on any atom is 0.326 e. The zero-order chi connectivity index (χ0) is 17.8. The Morgan fingerprint density at radius 2 is 1.76 bits per heavy atom. The van der Waals surface area contributed by atoms with Crippen LogP contribution in [0.3, 0.4) is 0 Å². The predicted octanol–water partition coefficient (Wildman–Crippen LogP) is 3.27. The van der Waals surface area contributed by atoms with Crippen molar-refractivity contribution in [3.05, 3.63) is 75.5 Å². The highest BCUT2D eigenvalue weighted by Crippen LogP contribution is 2.15. The topological polar surface area (TPSA) is 79.3 Å². The molecule has 0 saturated heterocycles. The molecule has 2 N–H and O–H groups in total. The molecule has 126 valence electrons. The van der Waals surface area contributed by atoms with E-state index in [1.165, 1.54) is 0 Å². The van der Waals surface area contributed by atoms with Gasteiger partial charge in [0.25, 0.3) is 5.91 Å². The third kappa shape index (κ3) is 4.14. The lowest BCUT2D eigenvalue weighted by molar-refractivity contribution is -0.139. The van der Waals surface area contributed by atoms with Gasteiger partial charge in [-0.15, -0.1) is 0 Å². The van der Waals surface area contributed by atoms with E-state index in [0.717, 1.165) is 14.5 Å². The van der Waals surface area contributed by atoms with Gasteiger partial charge < -0.3 is 10.4 Å². The van der Waals surface area contributed by atoms with Crippen LogP contribution in [0.2, 0.25) is 0 Å². The molecule has 1 amide bonds. The standard InChI is InChI=1S/C19H15IN2O3/c20-14-7-3-1-6-13(14)11-17(19(24)25)22-18(23)16-10-9-12-5-2-4-8-15(12)21-16/h1-10,17H,11H2,(H,22,23)(H,24,25)/t17-/m0/s1. The molecular formula is C19H15IN2O3. The number of hydrogen-bond donors (Lipinski definition) is 2. The van der Waals surface area contributed by atoms with Crippen LogP contribution < -0.4 is 5.32 Å². The summed E-state index contributed by atoms with van der Waals surface area (Å²) in [5, 5.41) is 12.9. The Labute approximate surface area is 158 Å². The summed E-state index contributed by atoms with van der Waals surface area (Å²) in [5.41, 5.74) is 1.77. The molecule has 0 saturated carbocycles. The molecular weight excluding hydrogens is 431 g/mol. The zero-order valence-electron chi connectivity index (χ0n) is 13.1. The number of carbonyl (C=O) groups excluding carboxylic acids is 1. The Bertz CT molecular complexity index is 943. The van der Waals surface area contributed by atoms with Crippen LogP contribution in [0, 0.1) is 3.57 Å². The Hall–Kier alpha value is -2.48. The molecule has 3 aromatic rings. The number of nitrogens with one attached hydrogen (secondary N) is 1. The molecule has 6 heteroatoms. The van der Waals surface area contributed by atoms with Gasteiger partial charge in [0.05, 0.1) is 5.52 Å². The van der Waals surface area contributed by atoms with Crippen molar-refractivity contribution in [1.29, 1.82) is 0 Å². The number of carboxylic acids is 1. The van der Waals surface area contributed by atoms with Crippen molar-refractivity contribution in [3.63, 3.8) is 0 Å². The van der Waals surface area contributed by atoms with Gasteiger partial charge in [-0.25, -0.2) is 9.78 Å². The lowest BCUT2D eigenvalue weighted by Gasteiger charge is -2.15. The van der Waals surface area contributed by atoms with E-state index in [1.54, 1.807) is 12.1 Å². The number of rotatable bonds is 5. The number of amides is 1. The Kier molecular flexibility index (Phi) is 5.28. The monoisotopic (exact) mass is 446 g/mol. The fourth-order valence-corrected chi connectivity index (χ4v) is 3.12. The number of benzene rings is 2. The minimum atomic E-state index is -1.08. The van der Waals surface area contributed by atoms with Crippen molar-refractivity contribution >= 4 is 45.4 Å². The summed E-state index contributed by atoms with van der Waals surface area (Å²) in [5.74, 6) is -1.57. The van der Waals surface area contributed by atoms with E-state index in [-0.39, 0.29) is 12.1 Å². The maximum absolute atomic E-state index is 12.4. The molecule has 0 aliphatic carbocycles. The number of aliphatic carboxylic acids is 1. The van der Waals surface area contributed by atoms with Gasteiger partial charge in [0, 0.05) is 15.4 Å². The molecule has 1 heterocycles. The molecule has 1 aromatic heterocycles. The molecule has 1 atom stereocenters. The van der Waals surface area contributed by atoms with Crippen LogP contribution in [0.25, 0.3) is 10.9 Å². The number of fused-ring (bicyclic) bond motifs is 1. The predicted molar refractivity (Wildman–Crippen MR) is 103 cm³/mol.